The standard InChI is InChI=1S/C13H22N2O5/c1-8(10(14)16)19-11(17)9-6-5-7-15(9)12(18)20-13(2,3)4/h8-9H,5-7H2,1-4H3,(H2,14,16)/t8-,9-/m0/s1. The SMILES string of the molecule is C[C@H](OC(=O)[C@@H]1CCCN1C(=O)OC(C)(C)C)C(N)=O. The number of nitrogens with zero attached hydrogens (tertiary/aromatic N) is 1. The molecular formula is C13H22N2O5. The Hall–Kier alpha value is -1.79. The van der Waals surface area contributed by atoms with Gasteiger partial charge in [-0.3, -0.25) is 9.69 Å². The van der Waals surface area contributed by atoms with Crippen LogP contribution in [0.3, 0.4) is 0 Å². The average Bonchev–Trinajstić information content (AvgIpc) is 2.74. The number of carbonyl (C=O) groups excluding carboxylic acids is 3. The van der Waals surface area contributed by atoms with Crippen molar-refractivity contribution in [2.24, 2.45) is 5.73 Å². The number of carbonyl (C=O) groups is 3. The van der Waals surface area contributed by atoms with Crippen LogP contribution in [-0.2, 0) is 19.1 Å². The number of rotatable bonds is 3. The Bertz CT molecular complexity index is 402. The molecule has 0 aromatic rings. The van der Waals surface area contributed by atoms with Gasteiger partial charge in [-0.1, -0.05) is 0 Å². The van der Waals surface area contributed by atoms with Crippen molar-refractivity contribution in [3.8, 4) is 0 Å². The van der Waals surface area contributed by atoms with Crippen molar-refractivity contribution in [1.29, 1.82) is 0 Å². The molecule has 7 nitrogen and oxygen atoms in total. The van der Waals surface area contributed by atoms with Gasteiger partial charge in [0.25, 0.3) is 5.91 Å². The molecule has 1 heterocycles. The summed E-state index contributed by atoms with van der Waals surface area (Å²) in [6.45, 7) is 7.09. The van der Waals surface area contributed by atoms with E-state index in [0.717, 1.165) is 0 Å². The number of likely N-dealkylation sites (tertiary alicyclic amines) is 1. The molecule has 1 saturated heterocycles. The summed E-state index contributed by atoms with van der Waals surface area (Å²) in [5.74, 6) is -1.35. The van der Waals surface area contributed by atoms with E-state index in [2.05, 4.69) is 0 Å². The van der Waals surface area contributed by atoms with Crippen LogP contribution in [-0.4, -0.2) is 47.2 Å². The van der Waals surface area contributed by atoms with Gasteiger partial charge in [-0.25, -0.2) is 9.59 Å². The minimum Gasteiger partial charge on any atom is -0.451 e. The van der Waals surface area contributed by atoms with Crippen LogP contribution in [0.2, 0.25) is 0 Å². The van der Waals surface area contributed by atoms with Crippen LogP contribution in [0.1, 0.15) is 40.5 Å². The number of ether oxygens (including phenoxy) is 2. The Balaban J connectivity index is 2.67. The smallest absolute Gasteiger partial charge is 0.411 e. The van der Waals surface area contributed by atoms with Gasteiger partial charge in [-0.2, -0.15) is 0 Å². The molecule has 0 aromatic carbocycles. The Labute approximate surface area is 118 Å². The molecule has 0 aliphatic carbocycles. The maximum atomic E-state index is 12.0. The van der Waals surface area contributed by atoms with E-state index >= 15 is 0 Å². The van der Waals surface area contributed by atoms with Crippen LogP contribution >= 0.6 is 0 Å². The number of primary amides is 1. The lowest BCUT2D eigenvalue weighted by Crippen LogP contribution is -2.45. The molecule has 0 bridgehead atoms. The highest BCUT2D eigenvalue weighted by atomic mass is 16.6. The summed E-state index contributed by atoms with van der Waals surface area (Å²) >= 11 is 0. The highest BCUT2D eigenvalue weighted by molar-refractivity contribution is 5.86. The summed E-state index contributed by atoms with van der Waals surface area (Å²) in [4.78, 5) is 36.2. The van der Waals surface area contributed by atoms with Crippen molar-refractivity contribution in [2.45, 2.75) is 58.3 Å². The molecule has 1 aliphatic rings. The average molecular weight is 286 g/mol. The van der Waals surface area contributed by atoms with Crippen LogP contribution in [0.4, 0.5) is 4.79 Å². The van der Waals surface area contributed by atoms with E-state index < -0.39 is 35.7 Å². The highest BCUT2D eigenvalue weighted by Gasteiger charge is 2.38. The molecule has 0 spiro atoms. The van der Waals surface area contributed by atoms with E-state index in [1.165, 1.54) is 11.8 Å². The first-order valence-electron chi connectivity index (χ1n) is 6.61. The van der Waals surface area contributed by atoms with Gasteiger partial charge in [-0.05, 0) is 40.5 Å². The highest BCUT2D eigenvalue weighted by Crippen LogP contribution is 2.22. The monoisotopic (exact) mass is 286 g/mol. The number of hydrogen-bond donors (Lipinski definition) is 1. The second-order valence-corrected chi connectivity index (χ2v) is 5.81. The van der Waals surface area contributed by atoms with Gasteiger partial charge >= 0.3 is 12.1 Å². The number of hydrogen-bond acceptors (Lipinski definition) is 5. The van der Waals surface area contributed by atoms with E-state index in [9.17, 15) is 14.4 Å². The zero-order valence-corrected chi connectivity index (χ0v) is 12.3. The number of esters is 1. The number of nitrogens with two attached hydrogens (primary N) is 1. The van der Waals surface area contributed by atoms with Crippen molar-refractivity contribution in [3.63, 3.8) is 0 Å². The minimum atomic E-state index is -1.01. The normalized spacial score (nSPS) is 20.4. The van der Waals surface area contributed by atoms with E-state index in [1.807, 2.05) is 0 Å². The lowest BCUT2D eigenvalue weighted by atomic mass is 10.2. The van der Waals surface area contributed by atoms with Crippen molar-refractivity contribution >= 4 is 18.0 Å². The maximum absolute atomic E-state index is 12.0. The first-order chi connectivity index (χ1) is 9.11. The zero-order chi connectivity index (χ0) is 15.5. The molecule has 1 fully saturated rings. The van der Waals surface area contributed by atoms with Crippen molar-refractivity contribution in [3.05, 3.63) is 0 Å². The molecule has 20 heavy (non-hydrogen) atoms. The Kier molecular flexibility index (Phi) is 4.97. The van der Waals surface area contributed by atoms with Gasteiger partial charge in [0.15, 0.2) is 6.10 Å². The van der Waals surface area contributed by atoms with Crippen LogP contribution < -0.4 is 5.73 Å². The van der Waals surface area contributed by atoms with Gasteiger partial charge in [0.1, 0.15) is 11.6 Å². The summed E-state index contributed by atoms with van der Waals surface area (Å²) < 4.78 is 10.2. The molecule has 1 rings (SSSR count). The first-order valence-corrected chi connectivity index (χ1v) is 6.61. The van der Waals surface area contributed by atoms with Crippen LogP contribution in [0.15, 0.2) is 0 Å². The van der Waals surface area contributed by atoms with E-state index in [1.54, 1.807) is 20.8 Å². The third kappa shape index (κ3) is 4.40. The molecule has 2 N–H and O–H groups in total. The molecule has 0 aromatic heterocycles. The number of amides is 2. The fourth-order valence-corrected chi connectivity index (χ4v) is 1.86. The van der Waals surface area contributed by atoms with Crippen LogP contribution in [0.5, 0.6) is 0 Å². The molecule has 2 amide bonds. The summed E-state index contributed by atoms with van der Waals surface area (Å²) in [6, 6.07) is -0.716. The molecule has 0 saturated carbocycles. The molecular weight excluding hydrogens is 264 g/mol. The molecule has 0 radical (unpaired) electrons. The molecule has 114 valence electrons. The van der Waals surface area contributed by atoms with Crippen molar-refractivity contribution < 1.29 is 23.9 Å². The second-order valence-electron chi connectivity index (χ2n) is 5.81. The summed E-state index contributed by atoms with van der Waals surface area (Å²) in [6.07, 6.45) is -0.389. The lowest BCUT2D eigenvalue weighted by Gasteiger charge is -2.28. The van der Waals surface area contributed by atoms with E-state index in [-0.39, 0.29) is 0 Å². The Morgan fingerprint density at radius 3 is 2.40 bits per heavy atom. The summed E-state index contributed by atoms with van der Waals surface area (Å²) in [5.41, 5.74) is 4.41. The molecule has 1 aliphatic heterocycles. The predicted octanol–water partition coefficient (Wildman–Crippen LogP) is 0.803. The van der Waals surface area contributed by atoms with Crippen molar-refractivity contribution in [1.82, 2.24) is 4.90 Å². The lowest BCUT2D eigenvalue weighted by molar-refractivity contribution is -0.158. The second kappa shape index (κ2) is 6.11. The zero-order valence-electron chi connectivity index (χ0n) is 12.3. The molecule has 7 heteroatoms. The minimum absolute atomic E-state index is 0.430. The molecule has 2 atom stereocenters. The van der Waals surface area contributed by atoms with Gasteiger partial charge < -0.3 is 15.2 Å². The summed E-state index contributed by atoms with van der Waals surface area (Å²) in [5, 5.41) is 0. The fourth-order valence-electron chi connectivity index (χ4n) is 1.86. The largest absolute Gasteiger partial charge is 0.451 e. The Morgan fingerprint density at radius 1 is 1.30 bits per heavy atom. The van der Waals surface area contributed by atoms with E-state index in [4.69, 9.17) is 15.2 Å². The fraction of sp³-hybridized carbons (Fsp3) is 0.769. The molecule has 0 unspecified atom stereocenters. The topological polar surface area (TPSA) is 98.9 Å². The van der Waals surface area contributed by atoms with E-state index in [0.29, 0.717) is 19.4 Å². The van der Waals surface area contributed by atoms with Gasteiger partial charge in [0.2, 0.25) is 0 Å². The predicted molar refractivity (Wildman–Crippen MR) is 70.7 cm³/mol. The van der Waals surface area contributed by atoms with Crippen molar-refractivity contribution in [2.75, 3.05) is 6.54 Å². The van der Waals surface area contributed by atoms with Gasteiger partial charge in [0, 0.05) is 6.54 Å². The quantitative estimate of drug-likeness (QED) is 0.774. The van der Waals surface area contributed by atoms with Gasteiger partial charge in [-0.15, -0.1) is 0 Å². The first kappa shape index (κ1) is 16.3. The third-order valence-corrected chi connectivity index (χ3v) is 2.85. The third-order valence-electron chi connectivity index (χ3n) is 2.85. The van der Waals surface area contributed by atoms with Gasteiger partial charge in [0.05, 0.1) is 0 Å². The Morgan fingerprint density at radius 2 is 1.90 bits per heavy atom. The summed E-state index contributed by atoms with van der Waals surface area (Å²) in [7, 11) is 0. The van der Waals surface area contributed by atoms with Crippen LogP contribution in [0, 0.1) is 0 Å². The van der Waals surface area contributed by atoms with Crippen LogP contribution in [0.25, 0.3) is 0 Å². The maximum Gasteiger partial charge on any atom is 0.411 e.